The van der Waals surface area contributed by atoms with E-state index in [9.17, 15) is 9.59 Å². The van der Waals surface area contributed by atoms with Gasteiger partial charge in [-0.2, -0.15) is 11.8 Å². The lowest BCUT2D eigenvalue weighted by Crippen LogP contribution is -2.33. The zero-order valence-electron chi connectivity index (χ0n) is 9.64. The highest BCUT2D eigenvalue weighted by molar-refractivity contribution is 7.99. The molecule has 1 unspecified atom stereocenters. The molecule has 0 aromatic carbocycles. The van der Waals surface area contributed by atoms with Crippen molar-refractivity contribution in [1.82, 2.24) is 5.32 Å². The number of thioether (sulfide) groups is 1. The number of urea groups is 1. The van der Waals surface area contributed by atoms with Crippen LogP contribution in [0.2, 0.25) is 0 Å². The number of hydrogen-bond acceptors (Lipinski definition) is 4. The number of rotatable bonds is 4. The number of amides is 2. The molecule has 0 bridgehead atoms. The molecule has 1 saturated heterocycles. The fourth-order valence-electron chi connectivity index (χ4n) is 1.70. The molecular formula is C11H14N2O3S2. The Morgan fingerprint density at radius 1 is 1.50 bits per heavy atom. The van der Waals surface area contributed by atoms with Gasteiger partial charge in [-0.25, -0.2) is 9.59 Å². The molecule has 98 valence electrons. The minimum absolute atomic E-state index is 0.131. The fraction of sp³-hybridized carbons (Fsp3) is 0.455. The van der Waals surface area contributed by atoms with Gasteiger partial charge in [-0.15, -0.1) is 11.3 Å². The Morgan fingerprint density at radius 2 is 2.33 bits per heavy atom. The maximum atomic E-state index is 11.6. The standard InChI is InChI=1S/C11H14N2O3S2/c14-10(15)8-2-4-18-9(8)13-11(16)12-5-7-1-3-17-6-7/h2,4,7H,1,3,5-6H2,(H,14,15)(H2,12,13,16). The Bertz CT molecular complexity index is 441. The quantitative estimate of drug-likeness (QED) is 0.793. The van der Waals surface area contributed by atoms with E-state index >= 15 is 0 Å². The molecule has 0 aliphatic carbocycles. The molecule has 1 fully saturated rings. The maximum absolute atomic E-state index is 11.6. The number of carbonyl (C=O) groups is 2. The Morgan fingerprint density at radius 3 is 3.00 bits per heavy atom. The van der Waals surface area contributed by atoms with Gasteiger partial charge in [0, 0.05) is 6.54 Å². The molecule has 1 aliphatic heterocycles. The molecular weight excluding hydrogens is 272 g/mol. The molecule has 0 radical (unpaired) electrons. The molecule has 0 saturated carbocycles. The van der Waals surface area contributed by atoms with Crippen LogP contribution in [0.15, 0.2) is 11.4 Å². The molecule has 5 nitrogen and oxygen atoms in total. The van der Waals surface area contributed by atoms with Crippen molar-refractivity contribution >= 4 is 40.1 Å². The van der Waals surface area contributed by atoms with Gasteiger partial charge in [0.15, 0.2) is 0 Å². The number of aromatic carboxylic acids is 1. The van der Waals surface area contributed by atoms with Crippen molar-refractivity contribution in [3.63, 3.8) is 0 Å². The van der Waals surface area contributed by atoms with E-state index in [0.29, 0.717) is 17.5 Å². The van der Waals surface area contributed by atoms with Gasteiger partial charge in [0.25, 0.3) is 0 Å². The maximum Gasteiger partial charge on any atom is 0.338 e. The zero-order chi connectivity index (χ0) is 13.0. The summed E-state index contributed by atoms with van der Waals surface area (Å²) in [6.45, 7) is 0.645. The summed E-state index contributed by atoms with van der Waals surface area (Å²) in [6, 6.07) is 1.15. The van der Waals surface area contributed by atoms with Crippen molar-refractivity contribution in [2.45, 2.75) is 6.42 Å². The van der Waals surface area contributed by atoms with Crippen LogP contribution in [0.5, 0.6) is 0 Å². The molecule has 1 aliphatic rings. The van der Waals surface area contributed by atoms with Crippen LogP contribution >= 0.6 is 23.1 Å². The molecule has 1 atom stereocenters. The van der Waals surface area contributed by atoms with E-state index in [-0.39, 0.29) is 11.6 Å². The molecule has 0 spiro atoms. The lowest BCUT2D eigenvalue weighted by molar-refractivity contribution is 0.0698. The zero-order valence-corrected chi connectivity index (χ0v) is 11.3. The number of carboxylic acid groups (broad SMARTS) is 1. The SMILES string of the molecule is O=C(NCC1CCSC1)Nc1sccc1C(=O)O. The van der Waals surface area contributed by atoms with Crippen LogP contribution in [-0.2, 0) is 0 Å². The lowest BCUT2D eigenvalue weighted by Gasteiger charge is -2.10. The Kier molecular flexibility index (Phi) is 4.48. The number of thiophene rings is 1. The molecule has 18 heavy (non-hydrogen) atoms. The van der Waals surface area contributed by atoms with Gasteiger partial charge in [-0.1, -0.05) is 0 Å². The summed E-state index contributed by atoms with van der Waals surface area (Å²) >= 11 is 3.11. The van der Waals surface area contributed by atoms with E-state index in [1.165, 1.54) is 17.4 Å². The molecule has 7 heteroatoms. The minimum atomic E-state index is -1.03. The van der Waals surface area contributed by atoms with Crippen LogP contribution in [-0.4, -0.2) is 35.2 Å². The van der Waals surface area contributed by atoms with Crippen molar-refractivity contribution in [3.05, 3.63) is 17.0 Å². The third kappa shape index (κ3) is 3.39. The smallest absolute Gasteiger partial charge is 0.338 e. The van der Waals surface area contributed by atoms with Gasteiger partial charge in [-0.05, 0) is 35.3 Å². The first kappa shape index (κ1) is 13.2. The highest BCUT2D eigenvalue weighted by atomic mass is 32.2. The highest BCUT2D eigenvalue weighted by Gasteiger charge is 2.17. The summed E-state index contributed by atoms with van der Waals surface area (Å²) in [5, 5.41) is 16.3. The molecule has 2 heterocycles. The molecule has 2 rings (SSSR count). The van der Waals surface area contributed by atoms with E-state index in [4.69, 9.17) is 5.11 Å². The molecule has 2 amide bonds. The first-order chi connectivity index (χ1) is 8.66. The monoisotopic (exact) mass is 286 g/mol. The summed E-state index contributed by atoms with van der Waals surface area (Å²) in [6.07, 6.45) is 1.13. The van der Waals surface area contributed by atoms with Crippen molar-refractivity contribution in [2.75, 3.05) is 23.4 Å². The van der Waals surface area contributed by atoms with Crippen LogP contribution in [0, 0.1) is 5.92 Å². The topological polar surface area (TPSA) is 78.4 Å². The Hall–Kier alpha value is -1.21. The van der Waals surface area contributed by atoms with Gasteiger partial charge >= 0.3 is 12.0 Å². The summed E-state index contributed by atoms with van der Waals surface area (Å²) in [5.41, 5.74) is 0.131. The third-order valence-electron chi connectivity index (χ3n) is 2.70. The van der Waals surface area contributed by atoms with Gasteiger partial charge in [0.05, 0.1) is 5.56 Å². The summed E-state index contributed by atoms with van der Waals surface area (Å²) < 4.78 is 0. The van der Waals surface area contributed by atoms with Gasteiger partial charge < -0.3 is 10.4 Å². The van der Waals surface area contributed by atoms with E-state index in [0.717, 1.165) is 17.9 Å². The van der Waals surface area contributed by atoms with E-state index < -0.39 is 5.97 Å². The fourth-order valence-corrected chi connectivity index (χ4v) is 3.76. The summed E-state index contributed by atoms with van der Waals surface area (Å²) in [7, 11) is 0. The normalized spacial score (nSPS) is 18.6. The predicted octanol–water partition coefficient (Wildman–Crippen LogP) is 2.32. The van der Waals surface area contributed by atoms with Crippen molar-refractivity contribution in [1.29, 1.82) is 0 Å². The first-order valence-electron chi connectivity index (χ1n) is 5.60. The van der Waals surface area contributed by atoms with E-state index in [2.05, 4.69) is 10.6 Å². The van der Waals surface area contributed by atoms with Crippen LogP contribution < -0.4 is 10.6 Å². The second-order valence-corrected chi connectivity index (χ2v) is 6.10. The average molecular weight is 286 g/mol. The second kappa shape index (κ2) is 6.10. The van der Waals surface area contributed by atoms with Crippen molar-refractivity contribution < 1.29 is 14.7 Å². The number of hydrogen-bond donors (Lipinski definition) is 3. The summed E-state index contributed by atoms with van der Waals surface area (Å²) in [4.78, 5) is 22.5. The van der Waals surface area contributed by atoms with Crippen LogP contribution in [0.4, 0.5) is 9.80 Å². The van der Waals surface area contributed by atoms with Gasteiger partial charge in [0.2, 0.25) is 0 Å². The Balaban J connectivity index is 1.82. The lowest BCUT2D eigenvalue weighted by atomic mass is 10.1. The predicted molar refractivity (Wildman–Crippen MR) is 73.7 cm³/mol. The number of nitrogens with one attached hydrogen (secondary N) is 2. The largest absolute Gasteiger partial charge is 0.478 e. The van der Waals surface area contributed by atoms with Gasteiger partial charge in [0.1, 0.15) is 5.00 Å². The summed E-state index contributed by atoms with van der Waals surface area (Å²) in [5.74, 6) is 1.74. The highest BCUT2D eigenvalue weighted by Crippen LogP contribution is 2.24. The average Bonchev–Trinajstić information content (AvgIpc) is 2.96. The first-order valence-corrected chi connectivity index (χ1v) is 7.63. The van der Waals surface area contributed by atoms with Crippen molar-refractivity contribution in [3.8, 4) is 0 Å². The molecule has 1 aromatic rings. The third-order valence-corrected chi connectivity index (χ3v) is 4.76. The van der Waals surface area contributed by atoms with Crippen LogP contribution in [0.3, 0.4) is 0 Å². The van der Waals surface area contributed by atoms with E-state index in [1.54, 1.807) is 5.38 Å². The second-order valence-electron chi connectivity index (χ2n) is 4.03. The Labute approximate surface area is 113 Å². The molecule has 1 aromatic heterocycles. The number of carboxylic acids is 1. The number of anilines is 1. The minimum Gasteiger partial charge on any atom is -0.478 e. The van der Waals surface area contributed by atoms with Gasteiger partial charge in [-0.3, -0.25) is 5.32 Å². The van der Waals surface area contributed by atoms with Crippen molar-refractivity contribution in [2.24, 2.45) is 5.92 Å². The van der Waals surface area contributed by atoms with Crippen LogP contribution in [0.25, 0.3) is 0 Å². The van der Waals surface area contributed by atoms with Crippen LogP contribution in [0.1, 0.15) is 16.8 Å². The number of carbonyl (C=O) groups excluding carboxylic acids is 1. The van der Waals surface area contributed by atoms with E-state index in [1.807, 2.05) is 11.8 Å². The molecule has 3 N–H and O–H groups in total.